The number of hydrogen-bond donors (Lipinski definition) is 1. The van der Waals surface area contributed by atoms with E-state index >= 15 is 0 Å². The number of benzene rings is 3. The van der Waals surface area contributed by atoms with Crippen molar-refractivity contribution in [2.75, 3.05) is 44.3 Å². The number of esters is 1. The van der Waals surface area contributed by atoms with E-state index in [4.69, 9.17) is 18.9 Å². The van der Waals surface area contributed by atoms with Gasteiger partial charge in [-0.2, -0.15) is 0 Å². The van der Waals surface area contributed by atoms with Crippen LogP contribution < -0.4 is 23.8 Å². The fourth-order valence-corrected chi connectivity index (χ4v) is 4.54. The summed E-state index contributed by atoms with van der Waals surface area (Å²) in [7, 11) is 1.64. The molecule has 38 heavy (non-hydrogen) atoms. The van der Waals surface area contributed by atoms with Crippen molar-refractivity contribution in [3.63, 3.8) is 0 Å². The number of carbonyl (C=O) groups is 2. The molecule has 1 amide bonds. The first-order valence-electron chi connectivity index (χ1n) is 11.1. The number of ether oxygens (including phenoxy) is 4. The van der Waals surface area contributed by atoms with E-state index in [1.165, 1.54) is 70.9 Å². The quantitative estimate of drug-likeness (QED) is 0.381. The first kappa shape index (κ1) is 28.3. The molecule has 10 nitrogen and oxygen atoms in total. The summed E-state index contributed by atoms with van der Waals surface area (Å²) in [5.41, 5.74) is 0.904. The Hall–Kier alpha value is -4.32. The highest BCUT2D eigenvalue weighted by Gasteiger charge is 2.23. The van der Waals surface area contributed by atoms with Gasteiger partial charge in [-0.3, -0.25) is 9.10 Å². The highest BCUT2D eigenvalue weighted by molar-refractivity contribution is 7.92. The Morgan fingerprint density at radius 3 is 2.03 bits per heavy atom. The minimum atomic E-state index is -3.79. The number of anilines is 2. The molecule has 0 fully saturated rings. The molecule has 0 unspecified atom stereocenters. The third kappa shape index (κ3) is 6.32. The van der Waals surface area contributed by atoms with Gasteiger partial charge in [0, 0.05) is 23.3 Å². The SMILES string of the molecule is COC(=O)c1cc(OC)c(OC)cc1NC(=O)c1ccc(OC)c(CN(c2ccc(F)cc2)S(C)(=O)=O)c1. The summed E-state index contributed by atoms with van der Waals surface area (Å²) in [6, 6.07) is 12.3. The normalized spacial score (nSPS) is 10.9. The number of nitrogens with zero attached hydrogens (tertiary/aromatic N) is 1. The van der Waals surface area contributed by atoms with Crippen LogP contribution in [0.1, 0.15) is 26.3 Å². The summed E-state index contributed by atoms with van der Waals surface area (Å²) in [4.78, 5) is 25.6. The molecule has 3 aromatic carbocycles. The van der Waals surface area contributed by atoms with Crippen molar-refractivity contribution in [2.45, 2.75) is 6.54 Å². The van der Waals surface area contributed by atoms with Crippen LogP contribution in [0.25, 0.3) is 0 Å². The van der Waals surface area contributed by atoms with Gasteiger partial charge in [0.05, 0.1) is 58.2 Å². The highest BCUT2D eigenvalue weighted by atomic mass is 32.2. The minimum Gasteiger partial charge on any atom is -0.496 e. The van der Waals surface area contributed by atoms with Crippen LogP contribution in [0.4, 0.5) is 15.8 Å². The maximum atomic E-state index is 13.4. The number of nitrogens with one attached hydrogen (secondary N) is 1. The second-order valence-electron chi connectivity index (χ2n) is 7.97. The van der Waals surface area contributed by atoms with Crippen molar-refractivity contribution in [3.05, 3.63) is 77.1 Å². The first-order chi connectivity index (χ1) is 18.0. The number of carbonyl (C=O) groups excluding carboxylic acids is 2. The van der Waals surface area contributed by atoms with Gasteiger partial charge >= 0.3 is 5.97 Å². The van der Waals surface area contributed by atoms with E-state index < -0.39 is 27.7 Å². The van der Waals surface area contributed by atoms with Gasteiger partial charge in [-0.25, -0.2) is 17.6 Å². The van der Waals surface area contributed by atoms with E-state index in [-0.39, 0.29) is 40.5 Å². The summed E-state index contributed by atoms with van der Waals surface area (Å²) in [6.45, 7) is -0.196. The summed E-state index contributed by atoms with van der Waals surface area (Å²) in [6.07, 6.45) is 1.02. The molecule has 12 heteroatoms. The second kappa shape index (κ2) is 11.8. The molecule has 3 aromatic rings. The fourth-order valence-electron chi connectivity index (χ4n) is 3.66. The Balaban J connectivity index is 2.00. The standard InChI is InChI=1S/C26H27FN2O8S/c1-34-22-11-6-16(12-17(22)15-29(38(5,32)33)19-9-7-18(27)8-10-19)25(30)28-21-14-24(36-3)23(35-2)13-20(21)26(31)37-4/h6-14H,15H2,1-5H3,(H,28,30). The average molecular weight is 547 g/mol. The van der Waals surface area contributed by atoms with Gasteiger partial charge in [0.25, 0.3) is 5.91 Å². The topological polar surface area (TPSA) is 120 Å². The number of methoxy groups -OCH3 is 4. The van der Waals surface area contributed by atoms with Crippen molar-refractivity contribution in [3.8, 4) is 17.2 Å². The Labute approximate surface area is 219 Å². The van der Waals surface area contributed by atoms with Gasteiger partial charge in [0.2, 0.25) is 10.0 Å². The molecule has 0 bridgehead atoms. The van der Waals surface area contributed by atoms with Crippen LogP contribution in [0.2, 0.25) is 0 Å². The molecule has 0 aromatic heterocycles. The maximum Gasteiger partial charge on any atom is 0.340 e. The summed E-state index contributed by atoms with van der Waals surface area (Å²) < 4.78 is 60.3. The first-order valence-corrected chi connectivity index (χ1v) is 12.9. The van der Waals surface area contributed by atoms with Gasteiger partial charge in [-0.1, -0.05) is 0 Å². The smallest absolute Gasteiger partial charge is 0.340 e. The Kier molecular flexibility index (Phi) is 8.79. The van der Waals surface area contributed by atoms with Gasteiger partial charge < -0.3 is 24.3 Å². The number of hydrogen-bond acceptors (Lipinski definition) is 8. The van der Waals surface area contributed by atoms with Crippen molar-refractivity contribution in [2.24, 2.45) is 0 Å². The van der Waals surface area contributed by atoms with Crippen LogP contribution in [0.5, 0.6) is 17.2 Å². The fraction of sp³-hybridized carbons (Fsp3) is 0.231. The molecule has 0 aliphatic rings. The third-order valence-corrected chi connectivity index (χ3v) is 6.69. The Morgan fingerprint density at radius 1 is 0.868 bits per heavy atom. The Morgan fingerprint density at radius 2 is 1.47 bits per heavy atom. The zero-order chi connectivity index (χ0) is 28.0. The number of sulfonamides is 1. The van der Waals surface area contributed by atoms with Gasteiger partial charge in [-0.15, -0.1) is 0 Å². The van der Waals surface area contributed by atoms with Crippen LogP contribution >= 0.6 is 0 Å². The lowest BCUT2D eigenvalue weighted by atomic mass is 10.1. The van der Waals surface area contributed by atoms with E-state index in [9.17, 15) is 22.4 Å². The van der Waals surface area contributed by atoms with Crippen molar-refractivity contribution in [1.29, 1.82) is 0 Å². The zero-order valence-electron chi connectivity index (χ0n) is 21.4. The lowest BCUT2D eigenvalue weighted by molar-refractivity contribution is 0.0601. The van der Waals surface area contributed by atoms with Crippen LogP contribution in [0.15, 0.2) is 54.6 Å². The van der Waals surface area contributed by atoms with Crippen LogP contribution in [-0.2, 0) is 21.3 Å². The zero-order valence-corrected chi connectivity index (χ0v) is 22.2. The van der Waals surface area contributed by atoms with E-state index in [1.807, 2.05) is 0 Å². The van der Waals surface area contributed by atoms with E-state index in [0.717, 1.165) is 22.7 Å². The molecule has 0 saturated heterocycles. The third-order valence-electron chi connectivity index (χ3n) is 5.55. The Bertz CT molecular complexity index is 1440. The summed E-state index contributed by atoms with van der Waals surface area (Å²) in [5.74, 6) is -0.953. The molecule has 0 aliphatic carbocycles. The molecule has 1 N–H and O–H groups in total. The second-order valence-corrected chi connectivity index (χ2v) is 9.88. The molecular formula is C26H27FN2O8S. The highest BCUT2D eigenvalue weighted by Crippen LogP contribution is 2.34. The molecule has 0 aliphatic heterocycles. The maximum absolute atomic E-state index is 13.4. The van der Waals surface area contributed by atoms with Crippen LogP contribution in [-0.4, -0.2) is 55.0 Å². The van der Waals surface area contributed by atoms with Crippen molar-refractivity contribution >= 4 is 33.3 Å². The number of halogens is 1. The predicted molar refractivity (Wildman–Crippen MR) is 139 cm³/mol. The van der Waals surface area contributed by atoms with E-state index in [0.29, 0.717) is 11.3 Å². The molecule has 3 rings (SSSR count). The molecule has 202 valence electrons. The monoisotopic (exact) mass is 546 g/mol. The van der Waals surface area contributed by atoms with E-state index in [1.54, 1.807) is 0 Å². The largest absolute Gasteiger partial charge is 0.496 e. The molecule has 0 heterocycles. The van der Waals surface area contributed by atoms with Gasteiger partial charge in [-0.05, 0) is 42.5 Å². The average Bonchev–Trinajstić information content (AvgIpc) is 2.90. The lowest BCUT2D eigenvalue weighted by Crippen LogP contribution is -2.29. The van der Waals surface area contributed by atoms with Gasteiger partial charge in [0.1, 0.15) is 11.6 Å². The van der Waals surface area contributed by atoms with Crippen LogP contribution in [0, 0.1) is 5.82 Å². The number of rotatable bonds is 10. The number of amides is 1. The summed E-state index contributed by atoms with van der Waals surface area (Å²) in [5, 5.41) is 2.66. The molecule has 0 atom stereocenters. The lowest BCUT2D eigenvalue weighted by Gasteiger charge is -2.24. The van der Waals surface area contributed by atoms with Gasteiger partial charge in [0.15, 0.2) is 11.5 Å². The molecule has 0 radical (unpaired) electrons. The van der Waals surface area contributed by atoms with Crippen molar-refractivity contribution < 1.29 is 41.3 Å². The predicted octanol–water partition coefficient (Wildman–Crippen LogP) is 3.86. The molecular weight excluding hydrogens is 519 g/mol. The summed E-state index contributed by atoms with van der Waals surface area (Å²) >= 11 is 0. The minimum absolute atomic E-state index is 0.0341. The molecule has 0 saturated carbocycles. The molecule has 0 spiro atoms. The van der Waals surface area contributed by atoms with Crippen molar-refractivity contribution in [1.82, 2.24) is 0 Å². The van der Waals surface area contributed by atoms with E-state index in [2.05, 4.69) is 5.32 Å². The van der Waals surface area contributed by atoms with Crippen LogP contribution in [0.3, 0.4) is 0 Å².